The summed E-state index contributed by atoms with van der Waals surface area (Å²) >= 11 is 0. The van der Waals surface area contributed by atoms with Gasteiger partial charge in [-0.1, -0.05) is 12.1 Å². The second kappa shape index (κ2) is 8.81. The van der Waals surface area contributed by atoms with Gasteiger partial charge in [0.15, 0.2) is 0 Å². The fourth-order valence-corrected chi connectivity index (χ4v) is 2.52. The van der Waals surface area contributed by atoms with Crippen molar-refractivity contribution in [1.82, 2.24) is 14.5 Å². The molecule has 1 aromatic heterocycles. The molecule has 0 atom stereocenters. The molecule has 0 aliphatic rings. The van der Waals surface area contributed by atoms with Gasteiger partial charge in [0.2, 0.25) is 5.91 Å². The standard InChI is InChI=1S/C17H23N5O3/c1-14-18-10-13-21(14)12-5-11-20(2)17(23)8-9-19-15-6-3-4-7-16(15)22(24)25/h3-4,6-7,10,13,19H,5,8-9,11-12H2,1-2H3. The number of hydrogen-bond acceptors (Lipinski definition) is 5. The van der Waals surface area contributed by atoms with E-state index >= 15 is 0 Å². The third kappa shape index (κ3) is 5.30. The number of carbonyl (C=O) groups excluding carboxylic acids is 1. The molecule has 25 heavy (non-hydrogen) atoms. The molecule has 2 rings (SSSR count). The molecule has 8 heteroatoms. The predicted molar refractivity (Wildman–Crippen MR) is 95.4 cm³/mol. The van der Waals surface area contributed by atoms with Gasteiger partial charge in [0.1, 0.15) is 11.5 Å². The number of carbonyl (C=O) groups is 1. The van der Waals surface area contributed by atoms with Crippen molar-refractivity contribution in [2.75, 3.05) is 25.5 Å². The first-order valence-electron chi connectivity index (χ1n) is 8.18. The highest BCUT2D eigenvalue weighted by atomic mass is 16.6. The number of hydrogen-bond donors (Lipinski definition) is 1. The summed E-state index contributed by atoms with van der Waals surface area (Å²) < 4.78 is 2.05. The van der Waals surface area contributed by atoms with Gasteiger partial charge in [-0.3, -0.25) is 14.9 Å². The number of nitro groups is 1. The van der Waals surface area contributed by atoms with Gasteiger partial charge in [0, 0.05) is 51.6 Å². The van der Waals surface area contributed by atoms with Crippen molar-refractivity contribution in [3.8, 4) is 0 Å². The van der Waals surface area contributed by atoms with Crippen LogP contribution in [-0.4, -0.2) is 45.4 Å². The molecule has 0 saturated carbocycles. The van der Waals surface area contributed by atoms with Crippen molar-refractivity contribution in [3.05, 3.63) is 52.6 Å². The SMILES string of the molecule is Cc1nccn1CCCN(C)C(=O)CCNc1ccccc1[N+](=O)[O-]. The third-order valence-electron chi connectivity index (χ3n) is 4.00. The van der Waals surface area contributed by atoms with Gasteiger partial charge < -0.3 is 14.8 Å². The summed E-state index contributed by atoms with van der Waals surface area (Å²) in [7, 11) is 1.77. The fraction of sp³-hybridized carbons (Fsp3) is 0.412. The Balaban J connectivity index is 1.73. The molecule has 8 nitrogen and oxygen atoms in total. The lowest BCUT2D eigenvalue weighted by Gasteiger charge is -2.18. The van der Waals surface area contributed by atoms with Crippen LogP contribution in [0.5, 0.6) is 0 Å². The maximum Gasteiger partial charge on any atom is 0.292 e. The highest BCUT2D eigenvalue weighted by Crippen LogP contribution is 2.22. The summed E-state index contributed by atoms with van der Waals surface area (Å²) in [5, 5.41) is 13.9. The number of para-hydroxylation sites is 2. The zero-order valence-corrected chi connectivity index (χ0v) is 14.5. The summed E-state index contributed by atoms with van der Waals surface area (Å²) in [5.74, 6) is 0.969. The molecule has 1 N–H and O–H groups in total. The highest BCUT2D eigenvalue weighted by Gasteiger charge is 2.13. The van der Waals surface area contributed by atoms with Crippen molar-refractivity contribution in [2.24, 2.45) is 0 Å². The Morgan fingerprint density at radius 2 is 2.16 bits per heavy atom. The lowest BCUT2D eigenvalue weighted by Crippen LogP contribution is -2.29. The van der Waals surface area contributed by atoms with Crippen molar-refractivity contribution in [2.45, 2.75) is 26.3 Å². The monoisotopic (exact) mass is 345 g/mol. The molecule has 0 bridgehead atoms. The summed E-state index contributed by atoms with van der Waals surface area (Å²) in [6, 6.07) is 6.42. The molecule has 1 amide bonds. The van der Waals surface area contributed by atoms with Gasteiger partial charge in [-0.15, -0.1) is 0 Å². The van der Waals surface area contributed by atoms with Gasteiger partial charge in [-0.05, 0) is 19.4 Å². The second-order valence-electron chi connectivity index (χ2n) is 5.79. The van der Waals surface area contributed by atoms with E-state index in [-0.39, 0.29) is 18.0 Å². The molecule has 0 fully saturated rings. The Hall–Kier alpha value is -2.90. The smallest absolute Gasteiger partial charge is 0.292 e. The van der Waals surface area contributed by atoms with Crippen LogP contribution in [0.15, 0.2) is 36.7 Å². The van der Waals surface area contributed by atoms with E-state index in [4.69, 9.17) is 0 Å². The molecule has 134 valence electrons. The summed E-state index contributed by atoms with van der Waals surface area (Å²) in [4.78, 5) is 28.5. The van der Waals surface area contributed by atoms with Gasteiger partial charge in [-0.2, -0.15) is 0 Å². The van der Waals surface area contributed by atoms with E-state index in [9.17, 15) is 14.9 Å². The number of nitro benzene ring substituents is 1. The number of benzene rings is 1. The molecule has 0 radical (unpaired) electrons. The van der Waals surface area contributed by atoms with Crippen molar-refractivity contribution in [3.63, 3.8) is 0 Å². The first-order chi connectivity index (χ1) is 12.0. The quantitative estimate of drug-likeness (QED) is 0.556. The maximum absolute atomic E-state index is 12.1. The Bertz CT molecular complexity index is 729. The van der Waals surface area contributed by atoms with E-state index in [1.807, 2.05) is 13.1 Å². The number of imidazole rings is 1. The fourth-order valence-electron chi connectivity index (χ4n) is 2.52. The normalized spacial score (nSPS) is 10.5. The zero-order chi connectivity index (χ0) is 18.2. The average molecular weight is 345 g/mol. The lowest BCUT2D eigenvalue weighted by atomic mass is 10.2. The maximum atomic E-state index is 12.1. The Morgan fingerprint density at radius 3 is 2.84 bits per heavy atom. The molecule has 1 aromatic carbocycles. The van der Waals surface area contributed by atoms with Crippen LogP contribution in [0.1, 0.15) is 18.7 Å². The number of rotatable bonds is 9. The summed E-state index contributed by atoms with van der Waals surface area (Å²) in [6.07, 6.45) is 4.82. The average Bonchev–Trinajstić information content (AvgIpc) is 3.00. The van der Waals surface area contributed by atoms with Crippen molar-refractivity contribution in [1.29, 1.82) is 0 Å². The van der Waals surface area contributed by atoms with E-state index in [0.717, 1.165) is 18.8 Å². The minimum Gasteiger partial charge on any atom is -0.379 e. The number of amides is 1. The van der Waals surface area contributed by atoms with Crippen LogP contribution in [-0.2, 0) is 11.3 Å². The number of nitrogens with zero attached hydrogens (tertiary/aromatic N) is 4. The van der Waals surface area contributed by atoms with Crippen LogP contribution in [0.3, 0.4) is 0 Å². The van der Waals surface area contributed by atoms with Gasteiger partial charge in [0.05, 0.1) is 4.92 Å². The first kappa shape index (κ1) is 18.4. The molecular formula is C17H23N5O3. The van der Waals surface area contributed by atoms with Crippen LogP contribution < -0.4 is 5.32 Å². The lowest BCUT2D eigenvalue weighted by molar-refractivity contribution is -0.384. The zero-order valence-electron chi connectivity index (χ0n) is 14.5. The molecule has 1 heterocycles. The molecule has 0 unspecified atom stereocenters. The van der Waals surface area contributed by atoms with Crippen molar-refractivity contribution >= 4 is 17.3 Å². The molecule has 2 aromatic rings. The second-order valence-corrected chi connectivity index (χ2v) is 5.79. The van der Waals surface area contributed by atoms with Crippen LogP contribution in [0, 0.1) is 17.0 Å². The Labute approximate surface area is 146 Å². The molecular weight excluding hydrogens is 322 g/mol. The van der Waals surface area contributed by atoms with E-state index in [1.54, 1.807) is 36.3 Å². The number of nitrogens with one attached hydrogen (secondary N) is 1. The number of aryl methyl sites for hydroxylation is 2. The van der Waals surface area contributed by atoms with Crippen LogP contribution >= 0.6 is 0 Å². The molecule has 0 aliphatic heterocycles. The topological polar surface area (TPSA) is 93.3 Å². The van der Waals surface area contributed by atoms with Crippen LogP contribution in [0.25, 0.3) is 0 Å². The van der Waals surface area contributed by atoms with Gasteiger partial charge >= 0.3 is 0 Å². The van der Waals surface area contributed by atoms with Gasteiger partial charge in [0.25, 0.3) is 5.69 Å². The molecule has 0 saturated heterocycles. The van der Waals surface area contributed by atoms with E-state index in [0.29, 0.717) is 18.8 Å². The van der Waals surface area contributed by atoms with E-state index < -0.39 is 4.92 Å². The first-order valence-corrected chi connectivity index (χ1v) is 8.18. The highest BCUT2D eigenvalue weighted by molar-refractivity contribution is 5.76. The van der Waals surface area contributed by atoms with Crippen LogP contribution in [0.2, 0.25) is 0 Å². The predicted octanol–water partition coefficient (Wildman–Crippen LogP) is 2.45. The van der Waals surface area contributed by atoms with Crippen LogP contribution in [0.4, 0.5) is 11.4 Å². The number of anilines is 1. The summed E-state index contributed by atoms with van der Waals surface area (Å²) in [6.45, 7) is 3.78. The number of aromatic nitrogens is 2. The van der Waals surface area contributed by atoms with Crippen molar-refractivity contribution < 1.29 is 9.72 Å². The largest absolute Gasteiger partial charge is 0.379 e. The van der Waals surface area contributed by atoms with E-state index in [1.165, 1.54) is 6.07 Å². The molecule has 0 spiro atoms. The Morgan fingerprint density at radius 1 is 1.40 bits per heavy atom. The Kier molecular flexibility index (Phi) is 6.50. The summed E-state index contributed by atoms with van der Waals surface area (Å²) in [5.41, 5.74) is 0.442. The van der Waals surface area contributed by atoms with E-state index in [2.05, 4.69) is 14.9 Å². The minimum atomic E-state index is -0.436. The minimum absolute atomic E-state index is 0.00781. The third-order valence-corrected chi connectivity index (χ3v) is 4.00. The van der Waals surface area contributed by atoms with Gasteiger partial charge in [-0.25, -0.2) is 4.98 Å². The molecule has 0 aliphatic carbocycles.